The van der Waals surface area contributed by atoms with Crippen LogP contribution in [0.2, 0.25) is 5.02 Å². The highest BCUT2D eigenvalue weighted by molar-refractivity contribution is 6.36. The van der Waals surface area contributed by atoms with E-state index >= 15 is 0 Å². The average Bonchev–Trinajstić information content (AvgIpc) is 2.83. The Hall–Kier alpha value is -1.53. The molecule has 0 spiro atoms. The van der Waals surface area contributed by atoms with Gasteiger partial charge in [0.05, 0.1) is 5.02 Å². The molecule has 6 nitrogen and oxygen atoms in total. The van der Waals surface area contributed by atoms with Crippen molar-refractivity contribution in [3.8, 4) is 0 Å². The molecule has 1 unspecified atom stereocenters. The van der Waals surface area contributed by atoms with Gasteiger partial charge in [-0.1, -0.05) is 16.8 Å². The second kappa shape index (κ2) is 6.28. The lowest BCUT2D eigenvalue weighted by Crippen LogP contribution is -2.37. The molecule has 110 valence electrons. The van der Waals surface area contributed by atoms with Crippen molar-refractivity contribution in [1.82, 2.24) is 9.88 Å². The number of aromatic nitrogens is 1. The zero-order valence-corrected chi connectivity index (χ0v) is 12.5. The van der Waals surface area contributed by atoms with E-state index in [9.17, 15) is 0 Å². The molecule has 0 radical (unpaired) electrons. The quantitative estimate of drug-likeness (QED) is 0.380. The maximum absolute atomic E-state index is 8.77. The Morgan fingerprint density at radius 2 is 2.45 bits per heavy atom. The molecule has 0 aliphatic carbocycles. The molecule has 2 rings (SSSR count). The third kappa shape index (κ3) is 2.96. The van der Waals surface area contributed by atoms with E-state index in [0.29, 0.717) is 22.4 Å². The van der Waals surface area contributed by atoms with Crippen LogP contribution in [-0.2, 0) is 0 Å². The SMILES string of the molecule is CN(CC1CCCN1C)c1nccc(/C(N)=N/O)c1Cl. The molecule has 1 fully saturated rings. The van der Waals surface area contributed by atoms with E-state index in [-0.39, 0.29) is 5.84 Å². The molecule has 3 N–H and O–H groups in total. The first kappa shape index (κ1) is 14.9. The second-order valence-corrected chi connectivity index (χ2v) is 5.52. The van der Waals surface area contributed by atoms with E-state index in [0.717, 1.165) is 13.1 Å². The van der Waals surface area contributed by atoms with E-state index in [1.165, 1.54) is 12.8 Å². The molecule has 1 saturated heterocycles. The van der Waals surface area contributed by atoms with E-state index in [4.69, 9.17) is 22.5 Å². The largest absolute Gasteiger partial charge is 0.409 e. The Bertz CT molecular complexity index is 508. The third-order valence-corrected chi connectivity index (χ3v) is 4.14. The van der Waals surface area contributed by atoms with Gasteiger partial charge in [0.25, 0.3) is 0 Å². The molecule has 7 heteroatoms. The molecular formula is C13H20ClN5O. The first-order chi connectivity index (χ1) is 9.54. The summed E-state index contributed by atoms with van der Waals surface area (Å²) in [5.41, 5.74) is 6.10. The van der Waals surface area contributed by atoms with Crippen LogP contribution in [0.3, 0.4) is 0 Å². The van der Waals surface area contributed by atoms with E-state index in [1.54, 1.807) is 12.3 Å². The highest BCUT2D eigenvalue weighted by Gasteiger charge is 2.24. The van der Waals surface area contributed by atoms with Crippen LogP contribution in [0.4, 0.5) is 5.82 Å². The fourth-order valence-electron chi connectivity index (χ4n) is 2.56. The van der Waals surface area contributed by atoms with Gasteiger partial charge < -0.3 is 20.7 Å². The van der Waals surface area contributed by atoms with Crippen molar-refractivity contribution >= 4 is 23.3 Å². The van der Waals surface area contributed by atoms with Crippen LogP contribution in [-0.4, -0.2) is 54.2 Å². The summed E-state index contributed by atoms with van der Waals surface area (Å²) in [5, 5.41) is 12.2. The molecule has 1 aliphatic heterocycles. The summed E-state index contributed by atoms with van der Waals surface area (Å²) in [4.78, 5) is 8.67. The van der Waals surface area contributed by atoms with E-state index in [2.05, 4.69) is 22.1 Å². The van der Waals surface area contributed by atoms with Gasteiger partial charge >= 0.3 is 0 Å². The van der Waals surface area contributed by atoms with Crippen LogP contribution in [0.1, 0.15) is 18.4 Å². The fraction of sp³-hybridized carbons (Fsp3) is 0.538. The number of rotatable bonds is 4. The van der Waals surface area contributed by atoms with Crippen LogP contribution in [0.5, 0.6) is 0 Å². The maximum Gasteiger partial charge on any atom is 0.171 e. The predicted octanol–water partition coefficient (Wildman–Crippen LogP) is 1.36. The topological polar surface area (TPSA) is 78.0 Å². The number of hydrogen-bond donors (Lipinski definition) is 2. The van der Waals surface area contributed by atoms with Crippen molar-refractivity contribution in [3.63, 3.8) is 0 Å². The van der Waals surface area contributed by atoms with Gasteiger partial charge in [0.15, 0.2) is 5.84 Å². The lowest BCUT2D eigenvalue weighted by atomic mass is 10.2. The molecule has 2 heterocycles. The van der Waals surface area contributed by atoms with Gasteiger partial charge in [0.1, 0.15) is 5.82 Å². The summed E-state index contributed by atoms with van der Waals surface area (Å²) in [6.07, 6.45) is 4.02. The lowest BCUT2D eigenvalue weighted by Gasteiger charge is -2.27. The highest BCUT2D eigenvalue weighted by Crippen LogP contribution is 2.27. The normalized spacial score (nSPS) is 20.4. The van der Waals surface area contributed by atoms with Crippen LogP contribution >= 0.6 is 11.6 Å². The van der Waals surface area contributed by atoms with Gasteiger partial charge in [0.2, 0.25) is 0 Å². The number of hydrogen-bond acceptors (Lipinski definition) is 5. The van der Waals surface area contributed by atoms with Crippen molar-refractivity contribution in [2.75, 3.05) is 32.1 Å². The fourth-order valence-corrected chi connectivity index (χ4v) is 2.92. The minimum absolute atomic E-state index is 0.00923. The minimum atomic E-state index is -0.00923. The first-order valence-electron chi connectivity index (χ1n) is 6.58. The number of oxime groups is 1. The Balaban J connectivity index is 2.19. The van der Waals surface area contributed by atoms with E-state index in [1.807, 2.05) is 11.9 Å². The van der Waals surface area contributed by atoms with Gasteiger partial charge in [-0.25, -0.2) is 4.98 Å². The van der Waals surface area contributed by atoms with Crippen LogP contribution in [0.15, 0.2) is 17.4 Å². The third-order valence-electron chi connectivity index (χ3n) is 3.77. The number of likely N-dealkylation sites (tertiary alicyclic amines) is 1. The summed E-state index contributed by atoms with van der Waals surface area (Å²) in [6.45, 7) is 1.98. The van der Waals surface area contributed by atoms with Crippen LogP contribution in [0.25, 0.3) is 0 Å². The number of nitrogens with zero attached hydrogens (tertiary/aromatic N) is 4. The first-order valence-corrected chi connectivity index (χ1v) is 6.96. The zero-order valence-electron chi connectivity index (χ0n) is 11.8. The number of likely N-dealkylation sites (N-methyl/N-ethyl adjacent to an activating group) is 2. The summed E-state index contributed by atoms with van der Waals surface area (Å²) in [7, 11) is 4.09. The number of anilines is 1. The minimum Gasteiger partial charge on any atom is -0.409 e. The second-order valence-electron chi connectivity index (χ2n) is 5.14. The molecule has 20 heavy (non-hydrogen) atoms. The Labute approximate surface area is 123 Å². The Morgan fingerprint density at radius 3 is 3.05 bits per heavy atom. The van der Waals surface area contributed by atoms with Crippen molar-refractivity contribution in [1.29, 1.82) is 0 Å². The van der Waals surface area contributed by atoms with Gasteiger partial charge in [-0.3, -0.25) is 0 Å². The molecule has 0 amide bonds. The van der Waals surface area contributed by atoms with Crippen molar-refractivity contribution < 1.29 is 5.21 Å². The number of pyridine rings is 1. The lowest BCUT2D eigenvalue weighted by molar-refractivity contribution is 0.314. The Kier molecular flexibility index (Phi) is 4.67. The molecule has 1 atom stereocenters. The Morgan fingerprint density at radius 1 is 1.70 bits per heavy atom. The molecule has 1 aromatic rings. The van der Waals surface area contributed by atoms with Crippen molar-refractivity contribution in [2.45, 2.75) is 18.9 Å². The standard InChI is InChI=1S/C13H20ClN5O/c1-18-7-3-4-9(18)8-19(2)13-11(14)10(5-6-16-13)12(15)17-20/h5-6,9,20H,3-4,7-8H2,1-2H3,(H2,15,17). The van der Waals surface area contributed by atoms with Crippen LogP contribution in [0, 0.1) is 0 Å². The smallest absolute Gasteiger partial charge is 0.171 e. The van der Waals surface area contributed by atoms with Crippen LogP contribution < -0.4 is 10.6 Å². The van der Waals surface area contributed by atoms with E-state index < -0.39 is 0 Å². The summed E-state index contributed by atoms with van der Waals surface area (Å²) in [5.74, 6) is 0.640. The molecule has 0 aromatic carbocycles. The average molecular weight is 298 g/mol. The number of halogens is 1. The zero-order chi connectivity index (χ0) is 14.7. The molecule has 1 aromatic heterocycles. The summed E-state index contributed by atoms with van der Waals surface area (Å²) < 4.78 is 0. The monoisotopic (exact) mass is 297 g/mol. The number of nitrogens with two attached hydrogens (primary N) is 1. The van der Waals surface area contributed by atoms with Gasteiger partial charge in [-0.2, -0.15) is 0 Å². The molecule has 0 bridgehead atoms. The molecule has 1 aliphatic rings. The van der Waals surface area contributed by atoms with Gasteiger partial charge in [-0.05, 0) is 32.5 Å². The summed E-state index contributed by atoms with van der Waals surface area (Å²) in [6, 6.07) is 2.14. The maximum atomic E-state index is 8.77. The van der Waals surface area contributed by atoms with Gasteiger partial charge in [-0.15, -0.1) is 0 Å². The predicted molar refractivity (Wildman–Crippen MR) is 80.7 cm³/mol. The van der Waals surface area contributed by atoms with Gasteiger partial charge in [0, 0.05) is 31.4 Å². The number of amidine groups is 1. The van der Waals surface area contributed by atoms with Crippen molar-refractivity contribution in [2.24, 2.45) is 10.9 Å². The molecular weight excluding hydrogens is 278 g/mol. The summed E-state index contributed by atoms with van der Waals surface area (Å²) >= 11 is 6.31. The van der Waals surface area contributed by atoms with Crippen molar-refractivity contribution in [3.05, 3.63) is 22.8 Å². The molecule has 0 saturated carbocycles. The highest BCUT2D eigenvalue weighted by atomic mass is 35.5.